The minimum atomic E-state index is -1.57. The van der Waals surface area contributed by atoms with Crippen LogP contribution >= 0.6 is 0 Å². The fourth-order valence-electron chi connectivity index (χ4n) is 1.42. The first kappa shape index (κ1) is 15.1. The Balaban J connectivity index is 3.09. The van der Waals surface area contributed by atoms with Crippen LogP contribution in [0.15, 0.2) is 23.3 Å². The molecule has 0 saturated carbocycles. The molecule has 1 N–H and O–H groups in total. The maximum Gasteiger partial charge on any atom is 0.342 e. The van der Waals surface area contributed by atoms with E-state index >= 15 is 0 Å². The summed E-state index contributed by atoms with van der Waals surface area (Å²) in [5.41, 5.74) is 6.55. The van der Waals surface area contributed by atoms with Crippen molar-refractivity contribution in [1.29, 1.82) is 0 Å². The number of carbonyl (C=O) groups is 1. The van der Waals surface area contributed by atoms with E-state index in [0.717, 1.165) is 6.07 Å². The Bertz CT molecular complexity index is 623. The highest BCUT2D eigenvalue weighted by atomic mass is 19.1. The molecule has 0 saturated heterocycles. The average molecular weight is 280 g/mol. The summed E-state index contributed by atoms with van der Waals surface area (Å²) in [4.78, 5) is 23.2. The van der Waals surface area contributed by atoms with Crippen LogP contribution < -0.4 is 0 Å². The minimum Gasteiger partial charge on any atom is -0.477 e. The van der Waals surface area contributed by atoms with Crippen LogP contribution in [0.5, 0.6) is 0 Å². The molecule has 20 heavy (non-hydrogen) atoms. The van der Waals surface area contributed by atoms with Crippen LogP contribution in [-0.4, -0.2) is 22.5 Å². The summed E-state index contributed by atoms with van der Waals surface area (Å²) in [6.07, 6.45) is 3.07. The predicted molar refractivity (Wildman–Crippen MR) is 67.7 cm³/mol. The minimum absolute atomic E-state index is 0.109. The Morgan fingerprint density at radius 3 is 2.85 bits per heavy atom. The number of rotatable bonds is 6. The normalized spacial score (nSPS) is 10.2. The SMILES string of the molecule is [N-]=[N+]=NCCC=Cc1cc([N+](=O)[O-])c(C(=O)O)cc1F. The molecule has 1 aromatic rings. The van der Waals surface area contributed by atoms with Crippen LogP contribution in [-0.2, 0) is 0 Å². The molecular weight excluding hydrogens is 271 g/mol. The first-order valence-corrected chi connectivity index (χ1v) is 5.36. The second kappa shape index (κ2) is 6.86. The van der Waals surface area contributed by atoms with E-state index < -0.39 is 28.0 Å². The number of nitro groups is 1. The third-order valence-corrected chi connectivity index (χ3v) is 2.30. The number of benzene rings is 1. The fraction of sp³-hybridized carbons (Fsp3) is 0.182. The quantitative estimate of drug-likeness (QED) is 0.214. The smallest absolute Gasteiger partial charge is 0.342 e. The van der Waals surface area contributed by atoms with Gasteiger partial charge in [-0.05, 0) is 18.0 Å². The summed E-state index contributed by atoms with van der Waals surface area (Å²) < 4.78 is 13.6. The number of azide groups is 1. The third kappa shape index (κ3) is 3.79. The molecule has 0 radical (unpaired) electrons. The van der Waals surface area contributed by atoms with Gasteiger partial charge < -0.3 is 5.11 Å². The monoisotopic (exact) mass is 280 g/mol. The Hall–Kier alpha value is -2.93. The fourth-order valence-corrected chi connectivity index (χ4v) is 1.42. The van der Waals surface area contributed by atoms with Crippen LogP contribution in [0.3, 0.4) is 0 Å². The zero-order valence-electron chi connectivity index (χ0n) is 10.1. The van der Waals surface area contributed by atoms with E-state index in [4.69, 9.17) is 10.6 Å². The van der Waals surface area contributed by atoms with Crippen LogP contribution in [0, 0.1) is 15.9 Å². The van der Waals surface area contributed by atoms with Crippen LogP contribution in [0.4, 0.5) is 10.1 Å². The molecule has 8 nitrogen and oxygen atoms in total. The number of nitro benzene ring substituents is 1. The van der Waals surface area contributed by atoms with Crippen LogP contribution in [0.1, 0.15) is 22.3 Å². The van der Waals surface area contributed by atoms with Gasteiger partial charge in [0.05, 0.1) is 4.92 Å². The molecule has 0 amide bonds. The van der Waals surface area contributed by atoms with Gasteiger partial charge in [-0.3, -0.25) is 10.1 Å². The Morgan fingerprint density at radius 1 is 1.60 bits per heavy atom. The van der Waals surface area contributed by atoms with Gasteiger partial charge in [-0.15, -0.1) is 0 Å². The second-order valence-electron chi connectivity index (χ2n) is 3.60. The molecule has 0 aliphatic rings. The van der Waals surface area contributed by atoms with E-state index in [9.17, 15) is 19.3 Å². The summed E-state index contributed by atoms with van der Waals surface area (Å²) in [5, 5.41) is 22.8. The standard InChI is InChI=1S/C11H9FN4O4/c12-9-6-8(11(17)18)10(16(19)20)5-7(9)3-1-2-4-14-15-13/h1,3,5-6H,2,4H2,(H,17,18). The number of nitrogens with zero attached hydrogens (tertiary/aromatic N) is 4. The van der Waals surface area contributed by atoms with Gasteiger partial charge in [0.25, 0.3) is 5.69 Å². The molecule has 9 heteroatoms. The van der Waals surface area contributed by atoms with Crippen molar-refractivity contribution in [2.75, 3.05) is 6.54 Å². The van der Waals surface area contributed by atoms with E-state index in [0.29, 0.717) is 12.5 Å². The molecule has 1 aromatic carbocycles. The number of halogens is 1. The summed E-state index contributed by atoms with van der Waals surface area (Å²) in [7, 11) is 0. The first-order chi connectivity index (χ1) is 9.47. The van der Waals surface area contributed by atoms with E-state index in [1.165, 1.54) is 12.2 Å². The van der Waals surface area contributed by atoms with Crippen molar-refractivity contribution >= 4 is 17.7 Å². The molecule has 0 aromatic heterocycles. The number of carboxylic acid groups (broad SMARTS) is 1. The molecule has 0 atom stereocenters. The summed E-state index contributed by atoms with van der Waals surface area (Å²) in [6, 6.07) is 1.45. The lowest BCUT2D eigenvalue weighted by molar-refractivity contribution is -0.385. The highest BCUT2D eigenvalue weighted by molar-refractivity contribution is 5.92. The van der Waals surface area contributed by atoms with Gasteiger partial charge in [0.15, 0.2) is 0 Å². The molecule has 0 spiro atoms. The van der Waals surface area contributed by atoms with Gasteiger partial charge in [0, 0.05) is 23.1 Å². The number of hydrogen-bond acceptors (Lipinski definition) is 4. The number of aromatic carboxylic acids is 1. The van der Waals surface area contributed by atoms with Crippen molar-refractivity contribution in [2.45, 2.75) is 6.42 Å². The molecule has 1 rings (SSSR count). The molecule has 0 fully saturated rings. The summed E-state index contributed by atoms with van der Waals surface area (Å²) in [6.45, 7) is 0.171. The van der Waals surface area contributed by atoms with Crippen molar-refractivity contribution in [3.8, 4) is 0 Å². The third-order valence-electron chi connectivity index (χ3n) is 2.30. The lowest BCUT2D eigenvalue weighted by Gasteiger charge is -2.01. The van der Waals surface area contributed by atoms with Gasteiger partial charge in [-0.25, -0.2) is 9.18 Å². The maximum atomic E-state index is 13.6. The largest absolute Gasteiger partial charge is 0.477 e. The van der Waals surface area contributed by atoms with Crippen molar-refractivity contribution in [3.63, 3.8) is 0 Å². The van der Waals surface area contributed by atoms with Crippen molar-refractivity contribution in [2.24, 2.45) is 5.11 Å². The van der Waals surface area contributed by atoms with E-state index in [-0.39, 0.29) is 12.1 Å². The highest BCUT2D eigenvalue weighted by Gasteiger charge is 2.22. The maximum absolute atomic E-state index is 13.6. The zero-order valence-corrected chi connectivity index (χ0v) is 10.1. The molecule has 0 aliphatic heterocycles. The summed E-state index contributed by atoms with van der Waals surface area (Å²) in [5.74, 6) is -2.46. The molecule has 0 heterocycles. The Kier molecular flexibility index (Phi) is 5.19. The van der Waals surface area contributed by atoms with Crippen LogP contribution in [0.25, 0.3) is 16.5 Å². The Morgan fingerprint density at radius 2 is 2.30 bits per heavy atom. The lowest BCUT2D eigenvalue weighted by atomic mass is 10.1. The average Bonchev–Trinajstić information content (AvgIpc) is 2.39. The van der Waals surface area contributed by atoms with Crippen molar-refractivity contribution < 1.29 is 19.2 Å². The van der Waals surface area contributed by atoms with Gasteiger partial charge in [-0.2, -0.15) is 0 Å². The highest BCUT2D eigenvalue weighted by Crippen LogP contribution is 2.24. The van der Waals surface area contributed by atoms with Crippen LogP contribution in [0.2, 0.25) is 0 Å². The summed E-state index contributed by atoms with van der Waals surface area (Å²) >= 11 is 0. The molecular formula is C11H9FN4O4. The van der Waals surface area contributed by atoms with Crippen molar-refractivity contribution in [1.82, 2.24) is 0 Å². The van der Waals surface area contributed by atoms with E-state index in [1.807, 2.05) is 0 Å². The number of carboxylic acids is 1. The first-order valence-electron chi connectivity index (χ1n) is 5.36. The van der Waals surface area contributed by atoms with Gasteiger partial charge in [0.2, 0.25) is 0 Å². The molecule has 0 aliphatic carbocycles. The van der Waals surface area contributed by atoms with Gasteiger partial charge >= 0.3 is 5.97 Å². The second-order valence-corrected chi connectivity index (χ2v) is 3.60. The molecule has 104 valence electrons. The zero-order chi connectivity index (χ0) is 15.1. The van der Waals surface area contributed by atoms with E-state index in [1.54, 1.807) is 0 Å². The van der Waals surface area contributed by atoms with E-state index in [2.05, 4.69) is 10.0 Å². The lowest BCUT2D eigenvalue weighted by Crippen LogP contribution is -2.04. The molecule has 0 bridgehead atoms. The number of hydrogen-bond donors (Lipinski definition) is 1. The van der Waals surface area contributed by atoms with Gasteiger partial charge in [0.1, 0.15) is 11.4 Å². The Labute approximate surface area is 111 Å². The van der Waals surface area contributed by atoms with Crippen molar-refractivity contribution in [3.05, 3.63) is 55.7 Å². The predicted octanol–water partition coefficient (Wildman–Crippen LogP) is 3.15. The molecule has 0 unspecified atom stereocenters. The topological polar surface area (TPSA) is 129 Å². The van der Waals surface area contributed by atoms with Gasteiger partial charge in [-0.1, -0.05) is 17.3 Å².